The maximum absolute atomic E-state index is 14.3. The zero-order valence-electron chi connectivity index (χ0n) is 21.7. The molecule has 0 amide bonds. The van der Waals surface area contributed by atoms with Gasteiger partial charge in [0, 0.05) is 34.1 Å². The average Bonchev–Trinajstić information content (AvgIpc) is 3.50. The zero-order valence-corrected chi connectivity index (χ0v) is 23.2. The predicted molar refractivity (Wildman–Crippen MR) is 149 cm³/mol. The first kappa shape index (κ1) is 27.7. The molecule has 1 aromatic heterocycles. The summed E-state index contributed by atoms with van der Waals surface area (Å²) >= 11 is 6.35. The molecule has 4 aromatic rings. The second-order valence-corrected chi connectivity index (χ2v) is 11.8. The molecular weight excluding hydrogens is 562 g/mol. The minimum Gasteiger partial charge on any atom is -0.488 e. The van der Waals surface area contributed by atoms with E-state index in [-0.39, 0.29) is 23.5 Å². The van der Waals surface area contributed by atoms with Gasteiger partial charge in [-0.15, -0.1) is 0 Å². The maximum Gasteiger partial charge on any atom is 0.337 e. The Morgan fingerprint density at radius 3 is 2.52 bits per heavy atom. The van der Waals surface area contributed by atoms with Crippen molar-refractivity contribution >= 4 is 33.3 Å². The molecule has 0 saturated carbocycles. The number of halogens is 3. The third-order valence-electron chi connectivity index (χ3n) is 6.68. The van der Waals surface area contributed by atoms with Crippen LogP contribution < -0.4 is 9.04 Å². The molecule has 1 fully saturated rings. The van der Waals surface area contributed by atoms with Gasteiger partial charge in [0.15, 0.2) is 11.6 Å². The quantitative estimate of drug-likeness (QED) is 0.238. The summed E-state index contributed by atoms with van der Waals surface area (Å²) in [5.74, 6) is -2.19. The van der Waals surface area contributed by atoms with Crippen molar-refractivity contribution in [2.75, 3.05) is 23.7 Å². The van der Waals surface area contributed by atoms with Crippen LogP contribution in [0.5, 0.6) is 5.75 Å². The number of rotatable bonds is 7. The molecule has 0 N–H and O–H groups in total. The SMILES string of the molecule is COC(=O)c1cc(N2CCCS2(=O)=O)cc(-n2c(C)ccc2-c2cc(Cl)ccc2OCc2cccc(F)c2F)c1. The lowest BCUT2D eigenvalue weighted by Crippen LogP contribution is -2.25. The fourth-order valence-electron chi connectivity index (χ4n) is 4.77. The minimum atomic E-state index is -3.52. The van der Waals surface area contributed by atoms with Crippen molar-refractivity contribution in [3.63, 3.8) is 0 Å². The van der Waals surface area contributed by atoms with E-state index in [9.17, 15) is 22.0 Å². The van der Waals surface area contributed by atoms with E-state index in [0.717, 1.165) is 11.8 Å². The molecule has 0 spiro atoms. The number of aromatic nitrogens is 1. The number of hydrogen-bond acceptors (Lipinski definition) is 5. The summed E-state index contributed by atoms with van der Waals surface area (Å²) in [7, 11) is -2.27. The first-order valence-electron chi connectivity index (χ1n) is 12.4. The molecule has 0 bridgehead atoms. The van der Waals surface area contributed by atoms with Crippen molar-refractivity contribution in [3.05, 3.63) is 100 Å². The summed E-state index contributed by atoms with van der Waals surface area (Å²) in [6, 6.07) is 17.3. The van der Waals surface area contributed by atoms with Gasteiger partial charge in [0.2, 0.25) is 10.0 Å². The van der Waals surface area contributed by atoms with Crippen molar-refractivity contribution in [2.24, 2.45) is 0 Å². The highest BCUT2D eigenvalue weighted by Crippen LogP contribution is 2.37. The molecule has 0 unspecified atom stereocenters. The molecule has 1 aliphatic rings. The van der Waals surface area contributed by atoms with Crippen LogP contribution in [0.3, 0.4) is 0 Å². The second-order valence-electron chi connectivity index (χ2n) is 9.31. The first-order valence-corrected chi connectivity index (χ1v) is 14.4. The van der Waals surface area contributed by atoms with Crippen molar-refractivity contribution in [1.82, 2.24) is 4.57 Å². The minimum absolute atomic E-state index is 0.0215. The van der Waals surface area contributed by atoms with Gasteiger partial charge in [-0.1, -0.05) is 23.7 Å². The standard InChI is InChI=1S/C29H25ClF2N2O5S/c1-18-7-9-26(24-15-21(30)8-10-27(24)39-17-19-5-3-6-25(31)28(19)32)34(18)23-14-20(29(35)38-2)13-22(16-23)33-11-4-12-40(33,36)37/h3,5-10,13-16H,4,11-12,17H2,1-2H3. The Labute approximate surface area is 235 Å². The van der Waals surface area contributed by atoms with Gasteiger partial charge in [-0.2, -0.15) is 0 Å². The molecule has 40 heavy (non-hydrogen) atoms. The molecule has 7 nitrogen and oxygen atoms in total. The molecule has 3 aromatic carbocycles. The monoisotopic (exact) mass is 586 g/mol. The van der Waals surface area contributed by atoms with Gasteiger partial charge in [-0.25, -0.2) is 22.0 Å². The number of nitrogens with zero attached hydrogens (tertiary/aromatic N) is 2. The van der Waals surface area contributed by atoms with Crippen molar-refractivity contribution in [2.45, 2.75) is 20.0 Å². The Hall–Kier alpha value is -3.89. The number of benzene rings is 3. The third-order valence-corrected chi connectivity index (χ3v) is 8.78. The smallest absolute Gasteiger partial charge is 0.337 e. The normalized spacial score (nSPS) is 14.4. The van der Waals surface area contributed by atoms with Crippen LogP contribution in [0, 0.1) is 18.6 Å². The van der Waals surface area contributed by atoms with E-state index in [1.54, 1.807) is 30.3 Å². The largest absolute Gasteiger partial charge is 0.488 e. The summed E-state index contributed by atoms with van der Waals surface area (Å²) in [5, 5.41) is 0.414. The zero-order chi connectivity index (χ0) is 28.6. The number of carbonyl (C=O) groups excluding carboxylic acids is 1. The number of anilines is 1. The average molecular weight is 587 g/mol. The van der Waals surface area contributed by atoms with Crippen LogP contribution in [0.2, 0.25) is 5.02 Å². The van der Waals surface area contributed by atoms with E-state index in [2.05, 4.69) is 0 Å². The summed E-state index contributed by atoms with van der Waals surface area (Å²) in [4.78, 5) is 12.6. The number of hydrogen-bond donors (Lipinski definition) is 0. The molecule has 2 heterocycles. The fourth-order valence-corrected chi connectivity index (χ4v) is 6.49. The molecule has 11 heteroatoms. The first-order chi connectivity index (χ1) is 19.1. The van der Waals surface area contributed by atoms with Gasteiger partial charge in [0.05, 0.1) is 29.8 Å². The molecule has 0 aliphatic carbocycles. The van der Waals surface area contributed by atoms with Crippen LogP contribution in [-0.4, -0.2) is 38.4 Å². The highest BCUT2D eigenvalue weighted by Gasteiger charge is 2.30. The van der Waals surface area contributed by atoms with Gasteiger partial charge in [0.1, 0.15) is 12.4 Å². The van der Waals surface area contributed by atoms with Gasteiger partial charge in [0.25, 0.3) is 0 Å². The van der Waals surface area contributed by atoms with Crippen LogP contribution in [0.4, 0.5) is 14.5 Å². The summed E-state index contributed by atoms with van der Waals surface area (Å²) in [6.45, 7) is 1.92. The molecule has 0 radical (unpaired) electrons. The van der Waals surface area contributed by atoms with Crippen LogP contribution in [-0.2, 0) is 21.4 Å². The topological polar surface area (TPSA) is 77.8 Å². The van der Waals surface area contributed by atoms with Gasteiger partial charge < -0.3 is 14.0 Å². The lowest BCUT2D eigenvalue weighted by molar-refractivity contribution is 0.0600. The number of sulfonamides is 1. The molecule has 1 saturated heterocycles. The number of esters is 1. The Morgan fingerprint density at radius 2 is 1.80 bits per heavy atom. The molecule has 5 rings (SSSR count). The molecule has 1 aliphatic heterocycles. The second kappa shape index (κ2) is 10.9. The molecule has 208 valence electrons. The van der Waals surface area contributed by atoms with Crippen LogP contribution in [0.25, 0.3) is 16.9 Å². The van der Waals surface area contributed by atoms with Crippen molar-refractivity contribution < 1.29 is 31.5 Å². The van der Waals surface area contributed by atoms with Crippen LogP contribution >= 0.6 is 11.6 Å². The molecular formula is C29H25ClF2N2O5S. The van der Waals surface area contributed by atoms with Crippen molar-refractivity contribution in [1.29, 1.82) is 0 Å². The predicted octanol–water partition coefficient (Wildman–Crippen LogP) is 6.29. The van der Waals surface area contributed by atoms with E-state index in [0.29, 0.717) is 46.4 Å². The van der Waals surface area contributed by atoms with E-state index in [1.807, 2.05) is 23.6 Å². The highest BCUT2D eigenvalue weighted by atomic mass is 35.5. The summed E-state index contributed by atoms with van der Waals surface area (Å²) in [6.07, 6.45) is 0.475. The maximum atomic E-state index is 14.3. The summed E-state index contributed by atoms with van der Waals surface area (Å²) < 4.78 is 67.4. The Kier molecular flexibility index (Phi) is 7.57. The fraction of sp³-hybridized carbons (Fsp3) is 0.207. The van der Waals surface area contributed by atoms with E-state index >= 15 is 0 Å². The number of methoxy groups -OCH3 is 1. The van der Waals surface area contributed by atoms with E-state index in [1.165, 1.54) is 29.6 Å². The van der Waals surface area contributed by atoms with Gasteiger partial charge in [-0.3, -0.25) is 4.31 Å². The third kappa shape index (κ3) is 5.29. The van der Waals surface area contributed by atoms with Crippen LogP contribution in [0.1, 0.15) is 28.0 Å². The summed E-state index contributed by atoms with van der Waals surface area (Å²) in [5.41, 5.74) is 3.03. The number of carbonyl (C=O) groups is 1. The lowest BCUT2D eigenvalue weighted by atomic mass is 10.1. The highest BCUT2D eigenvalue weighted by molar-refractivity contribution is 7.93. The lowest BCUT2D eigenvalue weighted by Gasteiger charge is -2.21. The Bertz CT molecular complexity index is 1720. The Balaban J connectivity index is 1.62. The van der Waals surface area contributed by atoms with E-state index < -0.39 is 27.6 Å². The van der Waals surface area contributed by atoms with E-state index in [4.69, 9.17) is 21.1 Å². The van der Waals surface area contributed by atoms with Crippen LogP contribution in [0.15, 0.2) is 66.7 Å². The Morgan fingerprint density at radius 1 is 1.02 bits per heavy atom. The van der Waals surface area contributed by atoms with Gasteiger partial charge in [-0.05, 0) is 67.9 Å². The molecule has 0 atom stereocenters. The number of ether oxygens (including phenoxy) is 2. The van der Waals surface area contributed by atoms with Crippen molar-refractivity contribution in [3.8, 4) is 22.7 Å². The number of aryl methyl sites for hydroxylation is 1. The van der Waals surface area contributed by atoms with Gasteiger partial charge >= 0.3 is 5.97 Å².